The second-order valence-corrected chi connectivity index (χ2v) is 2.45. The van der Waals surface area contributed by atoms with E-state index in [0.717, 1.165) is 16.8 Å². The molecule has 0 aliphatic rings. The lowest BCUT2D eigenvalue weighted by molar-refractivity contribution is 0.282. The van der Waals surface area contributed by atoms with Crippen LogP contribution in [0.15, 0.2) is 18.2 Å². The Morgan fingerprint density at radius 1 is 1.55 bits per heavy atom. The zero-order valence-corrected chi connectivity index (χ0v) is 6.46. The van der Waals surface area contributed by atoms with E-state index < -0.39 is 0 Å². The number of benzene rings is 1. The zero-order chi connectivity index (χ0) is 8.27. The smallest absolute Gasteiger partial charge is 0.0681 e. The molecule has 0 amide bonds. The van der Waals surface area contributed by atoms with Gasteiger partial charge in [-0.2, -0.15) is 0 Å². The molecule has 11 heavy (non-hydrogen) atoms. The highest BCUT2D eigenvalue weighted by Crippen LogP contribution is 2.14. The average Bonchev–Trinajstić information content (AvgIpc) is 2.04. The van der Waals surface area contributed by atoms with E-state index in [1.807, 2.05) is 25.1 Å². The number of rotatable bonds is 2. The molecule has 1 aromatic rings. The minimum Gasteiger partial charge on any atom is -0.392 e. The van der Waals surface area contributed by atoms with E-state index in [0.29, 0.717) is 0 Å². The molecular formula is C8H12N2O. The van der Waals surface area contributed by atoms with Gasteiger partial charge in [0.25, 0.3) is 0 Å². The molecule has 0 fully saturated rings. The summed E-state index contributed by atoms with van der Waals surface area (Å²) in [6.45, 7) is 2.01. The number of aliphatic hydroxyl groups is 1. The van der Waals surface area contributed by atoms with Gasteiger partial charge >= 0.3 is 0 Å². The van der Waals surface area contributed by atoms with Gasteiger partial charge in [-0.25, -0.2) is 0 Å². The third-order valence-corrected chi connectivity index (χ3v) is 1.63. The predicted molar refractivity (Wildman–Crippen MR) is 44.9 cm³/mol. The number of anilines is 1. The van der Waals surface area contributed by atoms with Gasteiger partial charge in [0.05, 0.1) is 12.3 Å². The molecule has 1 rings (SSSR count). The second-order valence-electron chi connectivity index (χ2n) is 2.45. The Kier molecular flexibility index (Phi) is 2.46. The van der Waals surface area contributed by atoms with Gasteiger partial charge < -0.3 is 10.5 Å². The Labute approximate surface area is 65.8 Å². The number of nitrogens with one attached hydrogen (secondary N) is 1. The summed E-state index contributed by atoms with van der Waals surface area (Å²) in [5.41, 5.74) is 5.40. The van der Waals surface area contributed by atoms with Gasteiger partial charge in [0.15, 0.2) is 0 Å². The summed E-state index contributed by atoms with van der Waals surface area (Å²) in [5, 5.41) is 8.77. The lowest BCUT2D eigenvalue weighted by Crippen LogP contribution is -2.08. The van der Waals surface area contributed by atoms with Gasteiger partial charge in [0.1, 0.15) is 0 Å². The average molecular weight is 152 g/mol. The Morgan fingerprint density at radius 2 is 2.27 bits per heavy atom. The summed E-state index contributed by atoms with van der Waals surface area (Å²) in [4.78, 5) is 0. The molecule has 0 bridgehead atoms. The molecule has 0 heterocycles. The summed E-state index contributed by atoms with van der Waals surface area (Å²) in [6, 6.07) is 5.58. The van der Waals surface area contributed by atoms with Crippen molar-refractivity contribution < 1.29 is 5.11 Å². The van der Waals surface area contributed by atoms with Crippen LogP contribution >= 0.6 is 0 Å². The van der Waals surface area contributed by atoms with E-state index >= 15 is 0 Å². The highest BCUT2D eigenvalue weighted by atomic mass is 16.3. The lowest BCUT2D eigenvalue weighted by atomic mass is 10.1. The summed E-state index contributed by atoms with van der Waals surface area (Å²) < 4.78 is 0. The van der Waals surface area contributed by atoms with Crippen LogP contribution in [-0.4, -0.2) is 5.11 Å². The zero-order valence-electron chi connectivity index (χ0n) is 6.46. The van der Waals surface area contributed by atoms with E-state index in [-0.39, 0.29) is 6.61 Å². The number of aryl methyl sites for hydroxylation is 1. The fourth-order valence-electron chi connectivity index (χ4n) is 0.986. The third kappa shape index (κ3) is 1.69. The van der Waals surface area contributed by atoms with Crippen LogP contribution in [0.2, 0.25) is 0 Å². The maximum Gasteiger partial charge on any atom is 0.0681 e. The van der Waals surface area contributed by atoms with Crippen molar-refractivity contribution in [2.75, 3.05) is 5.43 Å². The highest BCUT2D eigenvalue weighted by molar-refractivity contribution is 5.50. The summed E-state index contributed by atoms with van der Waals surface area (Å²) in [6.07, 6.45) is 0. The molecule has 0 saturated carbocycles. The summed E-state index contributed by atoms with van der Waals surface area (Å²) in [5.74, 6) is 5.23. The number of nitrogens with two attached hydrogens (primary N) is 1. The first-order valence-corrected chi connectivity index (χ1v) is 3.45. The maximum absolute atomic E-state index is 8.77. The summed E-state index contributed by atoms with van der Waals surface area (Å²) in [7, 11) is 0. The summed E-state index contributed by atoms with van der Waals surface area (Å²) >= 11 is 0. The Hall–Kier alpha value is -1.06. The van der Waals surface area contributed by atoms with Gasteiger partial charge in [-0.15, -0.1) is 0 Å². The molecule has 60 valence electrons. The molecule has 0 saturated heterocycles. The van der Waals surface area contributed by atoms with E-state index in [9.17, 15) is 0 Å². The molecule has 0 aliphatic heterocycles. The van der Waals surface area contributed by atoms with Gasteiger partial charge in [0, 0.05) is 0 Å². The van der Waals surface area contributed by atoms with E-state index in [1.165, 1.54) is 0 Å². The monoisotopic (exact) mass is 152 g/mol. The Bertz CT molecular complexity index is 248. The normalized spacial score (nSPS) is 9.73. The SMILES string of the molecule is Cc1cc(CO)ccc1NN. The predicted octanol–water partition coefficient (Wildman–Crippen LogP) is 0.773. The van der Waals surface area contributed by atoms with Crippen LogP contribution in [-0.2, 0) is 6.61 Å². The van der Waals surface area contributed by atoms with Crippen LogP contribution in [0.3, 0.4) is 0 Å². The Morgan fingerprint density at radius 3 is 2.73 bits per heavy atom. The van der Waals surface area contributed by atoms with Crippen molar-refractivity contribution in [3.8, 4) is 0 Å². The first-order chi connectivity index (χ1) is 5.27. The molecule has 3 nitrogen and oxygen atoms in total. The molecular weight excluding hydrogens is 140 g/mol. The van der Waals surface area contributed by atoms with Crippen molar-refractivity contribution in [1.29, 1.82) is 0 Å². The molecule has 0 radical (unpaired) electrons. The Balaban J connectivity index is 2.99. The first kappa shape index (κ1) is 8.04. The number of nitrogen functional groups attached to an aromatic ring is 1. The largest absolute Gasteiger partial charge is 0.392 e. The van der Waals surface area contributed by atoms with E-state index in [2.05, 4.69) is 5.43 Å². The van der Waals surface area contributed by atoms with Crippen molar-refractivity contribution in [1.82, 2.24) is 0 Å². The van der Waals surface area contributed by atoms with Crippen LogP contribution in [0.25, 0.3) is 0 Å². The van der Waals surface area contributed by atoms with Crippen LogP contribution < -0.4 is 11.3 Å². The quantitative estimate of drug-likeness (QED) is 0.433. The number of hydrogen-bond acceptors (Lipinski definition) is 3. The van der Waals surface area contributed by atoms with Crippen molar-refractivity contribution in [3.05, 3.63) is 29.3 Å². The van der Waals surface area contributed by atoms with Crippen molar-refractivity contribution in [3.63, 3.8) is 0 Å². The van der Waals surface area contributed by atoms with Crippen LogP contribution in [0, 0.1) is 6.92 Å². The molecule has 0 atom stereocenters. The van der Waals surface area contributed by atoms with Gasteiger partial charge in [-0.3, -0.25) is 5.84 Å². The van der Waals surface area contributed by atoms with Crippen LogP contribution in [0.5, 0.6) is 0 Å². The van der Waals surface area contributed by atoms with Gasteiger partial charge in [-0.05, 0) is 24.1 Å². The van der Waals surface area contributed by atoms with Crippen molar-refractivity contribution in [2.24, 2.45) is 5.84 Å². The van der Waals surface area contributed by atoms with Crippen molar-refractivity contribution >= 4 is 5.69 Å². The van der Waals surface area contributed by atoms with Gasteiger partial charge in [0.2, 0.25) is 0 Å². The topological polar surface area (TPSA) is 58.3 Å². The highest BCUT2D eigenvalue weighted by Gasteiger charge is 1.96. The van der Waals surface area contributed by atoms with Gasteiger partial charge in [-0.1, -0.05) is 12.1 Å². The lowest BCUT2D eigenvalue weighted by Gasteiger charge is -2.05. The fourth-order valence-corrected chi connectivity index (χ4v) is 0.986. The number of aliphatic hydroxyl groups excluding tert-OH is 1. The van der Waals surface area contributed by atoms with Crippen LogP contribution in [0.1, 0.15) is 11.1 Å². The molecule has 0 spiro atoms. The third-order valence-electron chi connectivity index (χ3n) is 1.63. The van der Waals surface area contributed by atoms with E-state index in [4.69, 9.17) is 10.9 Å². The molecule has 3 heteroatoms. The van der Waals surface area contributed by atoms with Crippen LogP contribution in [0.4, 0.5) is 5.69 Å². The fraction of sp³-hybridized carbons (Fsp3) is 0.250. The molecule has 0 aromatic heterocycles. The molecule has 0 unspecified atom stereocenters. The minimum atomic E-state index is 0.0751. The standard InChI is InChI=1S/C8H12N2O/c1-6-4-7(5-11)2-3-8(6)10-9/h2-4,10-11H,5,9H2,1H3. The number of hydrazine groups is 1. The first-order valence-electron chi connectivity index (χ1n) is 3.45. The minimum absolute atomic E-state index is 0.0751. The van der Waals surface area contributed by atoms with Crippen molar-refractivity contribution in [2.45, 2.75) is 13.5 Å². The van der Waals surface area contributed by atoms with E-state index in [1.54, 1.807) is 0 Å². The second kappa shape index (κ2) is 3.37. The molecule has 4 N–H and O–H groups in total. The molecule has 1 aromatic carbocycles. The maximum atomic E-state index is 8.77. The molecule has 0 aliphatic carbocycles. The number of hydrogen-bond donors (Lipinski definition) is 3.